The van der Waals surface area contributed by atoms with Gasteiger partial charge in [0.25, 0.3) is 0 Å². The quantitative estimate of drug-likeness (QED) is 0.163. The number of para-hydroxylation sites is 1. The van der Waals surface area contributed by atoms with Crippen LogP contribution < -0.4 is 10.2 Å². The first kappa shape index (κ1) is 26.2. The smallest absolute Gasteiger partial charge is 0.197 e. The maximum atomic E-state index is 13.6. The van der Waals surface area contributed by atoms with E-state index in [0.29, 0.717) is 25.4 Å². The molecule has 178 valence electrons. The van der Waals surface area contributed by atoms with E-state index < -0.39 is 25.4 Å². The molecular formula is C22H37FNO6P. The number of aliphatic hydroxyl groups excluding tert-OH is 2. The first-order valence-electron chi connectivity index (χ1n) is 11.1. The number of unbranched alkanes of at least 4 members (excludes halogenated alkanes) is 3. The second-order valence-corrected chi connectivity index (χ2v) is 11.4. The van der Waals surface area contributed by atoms with Crippen LogP contribution in [0.1, 0.15) is 51.4 Å². The third-order valence-corrected chi connectivity index (χ3v) is 7.33. The van der Waals surface area contributed by atoms with E-state index in [1.54, 1.807) is 12.1 Å². The van der Waals surface area contributed by atoms with E-state index in [2.05, 4.69) is 5.48 Å². The monoisotopic (exact) mass is 461 g/mol. The van der Waals surface area contributed by atoms with Crippen LogP contribution in [0.2, 0.25) is 0 Å². The Bertz CT molecular complexity index is 702. The Labute approximate surface area is 184 Å². The molecule has 1 aliphatic rings. The molecule has 1 aliphatic carbocycles. The summed E-state index contributed by atoms with van der Waals surface area (Å²) in [7, 11) is -2.94. The van der Waals surface area contributed by atoms with Crippen LogP contribution >= 0.6 is 7.37 Å². The molecule has 0 radical (unpaired) electrons. The summed E-state index contributed by atoms with van der Waals surface area (Å²) < 4.78 is 30.3. The predicted octanol–water partition coefficient (Wildman–Crippen LogP) is 3.54. The molecule has 0 aliphatic heterocycles. The Hall–Kier alpha value is -1.02. The Kier molecular flexibility index (Phi) is 10.9. The van der Waals surface area contributed by atoms with Crippen molar-refractivity contribution in [3.05, 3.63) is 30.1 Å². The van der Waals surface area contributed by atoms with Crippen molar-refractivity contribution >= 4 is 7.37 Å². The van der Waals surface area contributed by atoms with Crippen molar-refractivity contribution in [2.75, 3.05) is 19.4 Å². The Morgan fingerprint density at radius 2 is 1.90 bits per heavy atom. The summed E-state index contributed by atoms with van der Waals surface area (Å²) in [5.41, 5.74) is 2.31. The van der Waals surface area contributed by atoms with E-state index in [4.69, 9.17) is 4.74 Å². The normalized spacial score (nSPS) is 26.5. The summed E-state index contributed by atoms with van der Waals surface area (Å²) in [5.74, 6) is -0.346. The van der Waals surface area contributed by atoms with Gasteiger partial charge in [-0.1, -0.05) is 31.4 Å². The largest absolute Gasteiger partial charge is 0.488 e. The first-order chi connectivity index (χ1) is 14.7. The summed E-state index contributed by atoms with van der Waals surface area (Å²) in [6.45, 7) is 1.36. The van der Waals surface area contributed by atoms with Gasteiger partial charge in [0.1, 0.15) is 6.61 Å². The SMILES string of the molecule is CP(=O)(O)CCCCCCC1C(O)CC(NO)C1CCC(O)COc1ccccc1F. The lowest BCUT2D eigenvalue weighted by Gasteiger charge is -2.26. The van der Waals surface area contributed by atoms with E-state index >= 15 is 0 Å². The number of hydroxylamine groups is 1. The lowest BCUT2D eigenvalue weighted by atomic mass is 9.84. The molecule has 0 bridgehead atoms. The van der Waals surface area contributed by atoms with Gasteiger partial charge in [-0.15, -0.1) is 0 Å². The molecule has 1 aromatic carbocycles. The molecule has 0 aromatic heterocycles. The minimum atomic E-state index is -2.94. The van der Waals surface area contributed by atoms with Crippen LogP contribution in [0.4, 0.5) is 4.39 Å². The van der Waals surface area contributed by atoms with Gasteiger partial charge < -0.3 is 25.1 Å². The van der Waals surface area contributed by atoms with E-state index in [0.717, 1.165) is 32.1 Å². The molecule has 5 N–H and O–H groups in total. The van der Waals surface area contributed by atoms with Crippen molar-refractivity contribution in [3.8, 4) is 5.75 Å². The number of ether oxygens (including phenoxy) is 1. The number of benzene rings is 1. The molecule has 1 fully saturated rings. The van der Waals surface area contributed by atoms with Crippen LogP contribution in [0, 0.1) is 17.7 Å². The highest BCUT2D eigenvalue weighted by molar-refractivity contribution is 7.57. The lowest BCUT2D eigenvalue weighted by molar-refractivity contribution is 0.0661. The summed E-state index contributed by atoms with van der Waals surface area (Å²) in [6.07, 6.45) is 4.73. The molecule has 6 unspecified atom stereocenters. The lowest BCUT2D eigenvalue weighted by Crippen LogP contribution is -2.33. The van der Waals surface area contributed by atoms with Gasteiger partial charge in [0.15, 0.2) is 18.9 Å². The number of rotatable bonds is 14. The summed E-state index contributed by atoms with van der Waals surface area (Å²) in [5, 5.41) is 30.2. The van der Waals surface area contributed by atoms with Crippen LogP contribution in [0.25, 0.3) is 0 Å². The Morgan fingerprint density at radius 3 is 2.58 bits per heavy atom. The van der Waals surface area contributed by atoms with Gasteiger partial charge >= 0.3 is 0 Å². The number of nitrogens with one attached hydrogen (secondary N) is 1. The highest BCUT2D eigenvalue weighted by atomic mass is 31.2. The molecule has 1 saturated carbocycles. The van der Waals surface area contributed by atoms with Gasteiger partial charge in [-0.25, -0.2) is 9.87 Å². The Balaban J connectivity index is 1.76. The highest BCUT2D eigenvalue weighted by Gasteiger charge is 2.41. The van der Waals surface area contributed by atoms with Crippen LogP contribution in [-0.4, -0.2) is 58.0 Å². The van der Waals surface area contributed by atoms with Crippen molar-refractivity contribution in [1.82, 2.24) is 5.48 Å². The molecule has 6 atom stereocenters. The van der Waals surface area contributed by atoms with Gasteiger partial charge in [0, 0.05) is 18.9 Å². The fourth-order valence-corrected chi connectivity index (χ4v) is 5.33. The molecule has 2 rings (SSSR count). The third-order valence-electron chi connectivity index (χ3n) is 6.18. The molecule has 0 saturated heterocycles. The molecular weight excluding hydrogens is 424 g/mol. The number of hydrogen-bond acceptors (Lipinski definition) is 6. The average molecular weight is 462 g/mol. The van der Waals surface area contributed by atoms with Crippen molar-refractivity contribution in [3.63, 3.8) is 0 Å². The summed E-state index contributed by atoms with van der Waals surface area (Å²) in [4.78, 5) is 9.34. The molecule has 9 heteroatoms. The minimum absolute atomic E-state index is 0.0106. The van der Waals surface area contributed by atoms with Gasteiger partial charge in [-0.3, -0.25) is 4.57 Å². The van der Waals surface area contributed by atoms with Crippen molar-refractivity contribution in [1.29, 1.82) is 0 Å². The van der Waals surface area contributed by atoms with E-state index in [1.165, 1.54) is 18.8 Å². The zero-order chi connectivity index (χ0) is 22.9. The fraction of sp³-hybridized carbons (Fsp3) is 0.727. The fourth-order valence-electron chi connectivity index (χ4n) is 4.52. The first-order valence-corrected chi connectivity index (χ1v) is 13.4. The molecule has 1 aromatic rings. The van der Waals surface area contributed by atoms with Gasteiger partial charge in [-0.2, -0.15) is 0 Å². The number of aliphatic hydroxyl groups is 2. The minimum Gasteiger partial charge on any atom is -0.488 e. The van der Waals surface area contributed by atoms with Gasteiger partial charge in [0.05, 0.1) is 12.2 Å². The third kappa shape index (κ3) is 9.16. The zero-order valence-electron chi connectivity index (χ0n) is 18.2. The van der Waals surface area contributed by atoms with Gasteiger partial charge in [0.2, 0.25) is 0 Å². The average Bonchev–Trinajstić information content (AvgIpc) is 3.02. The van der Waals surface area contributed by atoms with Crippen molar-refractivity contribution in [2.24, 2.45) is 11.8 Å². The molecule has 0 amide bonds. The standard InChI is InChI=1S/C22H37FNO6P/c1-31(28,29)13-7-3-2-4-8-18-17(20(24-27)14-21(18)26)12-11-16(25)15-30-22-10-6-5-9-19(22)23/h5-6,9-10,16-18,20-21,24-27H,2-4,7-8,11-15H2,1H3,(H,28,29). The van der Waals surface area contributed by atoms with Crippen LogP contribution in [0.3, 0.4) is 0 Å². The maximum Gasteiger partial charge on any atom is 0.197 e. The van der Waals surface area contributed by atoms with E-state index in [9.17, 15) is 29.3 Å². The maximum absolute atomic E-state index is 13.6. The van der Waals surface area contributed by atoms with E-state index in [-0.39, 0.29) is 30.2 Å². The molecule has 7 nitrogen and oxygen atoms in total. The highest BCUT2D eigenvalue weighted by Crippen LogP contribution is 2.39. The zero-order valence-corrected chi connectivity index (χ0v) is 19.1. The molecule has 0 spiro atoms. The second-order valence-electron chi connectivity index (χ2n) is 8.82. The van der Waals surface area contributed by atoms with Crippen LogP contribution in [0.5, 0.6) is 5.75 Å². The summed E-state index contributed by atoms with van der Waals surface area (Å²) >= 11 is 0. The Morgan fingerprint density at radius 1 is 1.19 bits per heavy atom. The van der Waals surface area contributed by atoms with Crippen LogP contribution in [-0.2, 0) is 4.57 Å². The van der Waals surface area contributed by atoms with Crippen LogP contribution in [0.15, 0.2) is 24.3 Å². The second kappa shape index (κ2) is 12.9. The molecule has 0 heterocycles. The molecule has 31 heavy (non-hydrogen) atoms. The van der Waals surface area contributed by atoms with Crippen molar-refractivity contribution in [2.45, 2.75) is 69.6 Å². The number of halogens is 1. The predicted molar refractivity (Wildman–Crippen MR) is 117 cm³/mol. The topological polar surface area (TPSA) is 119 Å². The summed E-state index contributed by atoms with van der Waals surface area (Å²) in [6, 6.07) is 5.81. The van der Waals surface area contributed by atoms with Gasteiger partial charge in [-0.05, 0) is 56.1 Å². The van der Waals surface area contributed by atoms with E-state index in [1.807, 2.05) is 0 Å². The number of hydrogen-bond donors (Lipinski definition) is 5. The van der Waals surface area contributed by atoms with Crippen molar-refractivity contribution < 1.29 is 34.0 Å².